The number of hydrogen-bond donors (Lipinski definition) is 1. The maximum Gasteiger partial charge on any atom is 0.249 e. The summed E-state index contributed by atoms with van der Waals surface area (Å²) in [6, 6.07) is 0.395. The molecule has 1 saturated carbocycles. The molecular formula is C11H19NO2. The Hall–Kier alpha value is -0.570. The second kappa shape index (κ2) is 4.30. The topological polar surface area (TPSA) is 38.3 Å². The van der Waals surface area contributed by atoms with Gasteiger partial charge in [-0.05, 0) is 31.6 Å². The van der Waals surface area contributed by atoms with Crippen LogP contribution in [0.2, 0.25) is 0 Å². The minimum atomic E-state index is -0.164. The number of carbonyl (C=O) groups is 1. The van der Waals surface area contributed by atoms with Gasteiger partial charge in [0.1, 0.15) is 6.10 Å². The number of ether oxygens (including phenoxy) is 1. The molecule has 2 fully saturated rings. The van der Waals surface area contributed by atoms with Crippen LogP contribution in [0.15, 0.2) is 0 Å². The van der Waals surface area contributed by atoms with E-state index in [1.54, 1.807) is 0 Å². The highest BCUT2D eigenvalue weighted by atomic mass is 16.5. The largest absolute Gasteiger partial charge is 0.368 e. The monoisotopic (exact) mass is 197 g/mol. The first-order valence-corrected chi connectivity index (χ1v) is 5.69. The van der Waals surface area contributed by atoms with Gasteiger partial charge in [-0.3, -0.25) is 4.79 Å². The molecule has 2 rings (SSSR count). The molecule has 1 aliphatic heterocycles. The van der Waals surface area contributed by atoms with Crippen LogP contribution in [0, 0.1) is 5.92 Å². The quantitative estimate of drug-likeness (QED) is 0.728. The van der Waals surface area contributed by atoms with E-state index in [-0.39, 0.29) is 12.0 Å². The Kier molecular flexibility index (Phi) is 3.06. The van der Waals surface area contributed by atoms with E-state index in [0.29, 0.717) is 12.0 Å². The molecule has 1 saturated heterocycles. The van der Waals surface area contributed by atoms with Crippen LogP contribution in [0.1, 0.15) is 39.0 Å². The van der Waals surface area contributed by atoms with Crippen molar-refractivity contribution in [2.45, 2.75) is 51.2 Å². The Bertz CT molecular complexity index is 211. The third-order valence-electron chi connectivity index (χ3n) is 3.41. The van der Waals surface area contributed by atoms with Gasteiger partial charge in [0.2, 0.25) is 5.91 Å². The minimum absolute atomic E-state index is 0.112. The van der Waals surface area contributed by atoms with Crippen LogP contribution in [-0.4, -0.2) is 24.7 Å². The van der Waals surface area contributed by atoms with Gasteiger partial charge in [0.15, 0.2) is 0 Å². The molecule has 0 aromatic rings. The van der Waals surface area contributed by atoms with Crippen LogP contribution in [-0.2, 0) is 9.53 Å². The SMILES string of the molecule is CC1CCCC1NC(=O)C1CCCO1. The van der Waals surface area contributed by atoms with Crippen molar-refractivity contribution in [3.8, 4) is 0 Å². The number of rotatable bonds is 2. The zero-order chi connectivity index (χ0) is 9.97. The van der Waals surface area contributed by atoms with Crippen molar-refractivity contribution in [2.75, 3.05) is 6.61 Å². The zero-order valence-electron chi connectivity index (χ0n) is 8.79. The van der Waals surface area contributed by atoms with Gasteiger partial charge in [0, 0.05) is 12.6 Å². The normalized spacial score (nSPS) is 37.4. The summed E-state index contributed by atoms with van der Waals surface area (Å²) in [5.41, 5.74) is 0. The van der Waals surface area contributed by atoms with Crippen LogP contribution in [0.25, 0.3) is 0 Å². The van der Waals surface area contributed by atoms with E-state index in [2.05, 4.69) is 12.2 Å². The summed E-state index contributed by atoms with van der Waals surface area (Å²) in [5, 5.41) is 3.11. The summed E-state index contributed by atoms with van der Waals surface area (Å²) in [5.74, 6) is 0.751. The second-order valence-electron chi connectivity index (χ2n) is 4.52. The molecule has 0 bridgehead atoms. The van der Waals surface area contributed by atoms with Gasteiger partial charge in [0.25, 0.3) is 0 Å². The first kappa shape index (κ1) is 9.97. The fourth-order valence-corrected chi connectivity index (χ4v) is 2.42. The van der Waals surface area contributed by atoms with Crippen LogP contribution >= 0.6 is 0 Å². The molecular weight excluding hydrogens is 178 g/mol. The predicted molar refractivity (Wildman–Crippen MR) is 53.9 cm³/mol. The molecule has 1 N–H and O–H groups in total. The number of carbonyl (C=O) groups excluding carboxylic acids is 1. The molecule has 0 radical (unpaired) electrons. The molecule has 14 heavy (non-hydrogen) atoms. The van der Waals surface area contributed by atoms with Gasteiger partial charge in [-0.1, -0.05) is 13.3 Å². The average Bonchev–Trinajstić information content (AvgIpc) is 2.77. The van der Waals surface area contributed by atoms with Crippen LogP contribution in [0.4, 0.5) is 0 Å². The lowest BCUT2D eigenvalue weighted by Crippen LogP contribution is -2.42. The molecule has 0 aromatic heterocycles. The first-order chi connectivity index (χ1) is 6.77. The summed E-state index contributed by atoms with van der Waals surface area (Å²) < 4.78 is 5.35. The van der Waals surface area contributed by atoms with E-state index in [4.69, 9.17) is 4.74 Å². The van der Waals surface area contributed by atoms with Crippen molar-refractivity contribution in [1.82, 2.24) is 5.32 Å². The summed E-state index contributed by atoms with van der Waals surface area (Å²) >= 11 is 0. The number of nitrogens with one attached hydrogen (secondary N) is 1. The Labute approximate surface area is 85.2 Å². The molecule has 3 unspecified atom stereocenters. The highest BCUT2D eigenvalue weighted by Crippen LogP contribution is 2.25. The van der Waals surface area contributed by atoms with Gasteiger partial charge in [-0.2, -0.15) is 0 Å². The summed E-state index contributed by atoms with van der Waals surface area (Å²) in [6.45, 7) is 2.96. The Morgan fingerprint density at radius 3 is 2.71 bits per heavy atom. The highest BCUT2D eigenvalue weighted by molar-refractivity contribution is 5.81. The standard InChI is InChI=1S/C11H19NO2/c1-8-4-2-5-9(8)12-11(13)10-6-3-7-14-10/h8-10H,2-7H2,1H3,(H,12,13). The average molecular weight is 197 g/mol. The maximum atomic E-state index is 11.7. The summed E-state index contributed by atoms with van der Waals surface area (Å²) in [4.78, 5) is 11.7. The van der Waals surface area contributed by atoms with Gasteiger partial charge >= 0.3 is 0 Å². The third kappa shape index (κ3) is 2.08. The van der Waals surface area contributed by atoms with Crippen LogP contribution < -0.4 is 5.32 Å². The van der Waals surface area contributed by atoms with Crippen LogP contribution in [0.5, 0.6) is 0 Å². The lowest BCUT2D eigenvalue weighted by atomic mass is 10.1. The van der Waals surface area contributed by atoms with Crippen molar-refractivity contribution in [3.05, 3.63) is 0 Å². The van der Waals surface area contributed by atoms with E-state index >= 15 is 0 Å². The van der Waals surface area contributed by atoms with Gasteiger partial charge in [-0.15, -0.1) is 0 Å². The summed E-state index contributed by atoms with van der Waals surface area (Å²) in [6.07, 6.45) is 5.39. The number of hydrogen-bond acceptors (Lipinski definition) is 2. The predicted octanol–water partition coefficient (Wildman–Crippen LogP) is 1.47. The van der Waals surface area contributed by atoms with Gasteiger partial charge in [-0.25, -0.2) is 0 Å². The fraction of sp³-hybridized carbons (Fsp3) is 0.909. The Morgan fingerprint density at radius 2 is 2.14 bits per heavy atom. The first-order valence-electron chi connectivity index (χ1n) is 5.69. The van der Waals surface area contributed by atoms with E-state index in [1.165, 1.54) is 12.8 Å². The van der Waals surface area contributed by atoms with E-state index in [9.17, 15) is 4.79 Å². The molecule has 2 aliphatic rings. The second-order valence-corrected chi connectivity index (χ2v) is 4.52. The van der Waals surface area contributed by atoms with E-state index < -0.39 is 0 Å². The lowest BCUT2D eigenvalue weighted by molar-refractivity contribution is -0.131. The molecule has 3 nitrogen and oxygen atoms in total. The van der Waals surface area contributed by atoms with Crippen molar-refractivity contribution >= 4 is 5.91 Å². The maximum absolute atomic E-state index is 11.7. The van der Waals surface area contributed by atoms with Crippen molar-refractivity contribution in [1.29, 1.82) is 0 Å². The lowest BCUT2D eigenvalue weighted by Gasteiger charge is -2.19. The highest BCUT2D eigenvalue weighted by Gasteiger charge is 2.29. The Balaban J connectivity index is 1.81. The van der Waals surface area contributed by atoms with Crippen molar-refractivity contribution in [3.63, 3.8) is 0 Å². The summed E-state index contributed by atoms with van der Waals surface area (Å²) in [7, 11) is 0. The molecule has 3 heteroatoms. The molecule has 1 aliphatic carbocycles. The molecule has 0 aromatic carbocycles. The smallest absolute Gasteiger partial charge is 0.249 e. The Morgan fingerprint density at radius 1 is 1.29 bits per heavy atom. The molecule has 0 spiro atoms. The molecule has 1 heterocycles. The third-order valence-corrected chi connectivity index (χ3v) is 3.41. The molecule has 80 valence electrons. The van der Waals surface area contributed by atoms with E-state index in [0.717, 1.165) is 25.9 Å². The zero-order valence-corrected chi connectivity index (χ0v) is 8.79. The van der Waals surface area contributed by atoms with Crippen LogP contribution in [0.3, 0.4) is 0 Å². The van der Waals surface area contributed by atoms with E-state index in [1.807, 2.05) is 0 Å². The van der Waals surface area contributed by atoms with Crippen molar-refractivity contribution in [2.24, 2.45) is 5.92 Å². The van der Waals surface area contributed by atoms with Gasteiger partial charge in [0.05, 0.1) is 0 Å². The molecule has 1 amide bonds. The number of amides is 1. The fourth-order valence-electron chi connectivity index (χ4n) is 2.42. The van der Waals surface area contributed by atoms with Gasteiger partial charge < -0.3 is 10.1 Å². The molecule has 3 atom stereocenters. The minimum Gasteiger partial charge on any atom is -0.368 e. The van der Waals surface area contributed by atoms with Crippen molar-refractivity contribution < 1.29 is 9.53 Å².